The second kappa shape index (κ2) is 218. The van der Waals surface area contributed by atoms with Crippen molar-refractivity contribution < 1.29 is 46.9 Å². The van der Waals surface area contributed by atoms with Crippen molar-refractivity contribution in [2.24, 2.45) is 0 Å². The lowest BCUT2D eigenvalue weighted by atomic mass is 10.5. The smallest absolute Gasteiger partial charge is 0.303 e. The minimum absolute atomic E-state index is 0.0185. The molecule has 0 aromatic rings. The zero-order valence-electron chi connectivity index (χ0n) is 38.3. The zero-order chi connectivity index (χ0) is 39.5. The fourth-order valence-electron chi connectivity index (χ4n) is 0. The van der Waals surface area contributed by atoms with Crippen molar-refractivity contribution in [2.45, 2.75) is 94.4 Å². The molecule has 118 valence electrons. The molecule has 0 aliphatic heterocycles. The SMILES string of the molecule is [2H]C.[2H]C.[2H]C.[2H]C.[2H]C.[2H]C.[2H]C([2H])([2H])[2H].[2H]C([2H])([2H])[2H].[2H]C([2H])([2H])[2H].[2H]C([2H])([2H])[2H].[2H]C([2H])([2H])[2H].[2H]CCC(=O)O. The van der Waals surface area contributed by atoms with E-state index in [4.69, 9.17) is 42.1 Å². The second-order valence-electron chi connectivity index (χ2n) is 0.644. The van der Waals surface area contributed by atoms with Gasteiger partial charge in [0.2, 0.25) is 0 Å². The average Bonchev–Trinajstić information content (AvgIpc) is 2.76. The van der Waals surface area contributed by atoms with Gasteiger partial charge in [0.25, 0.3) is 0 Å². The van der Waals surface area contributed by atoms with Gasteiger partial charge in [-0.05, 0) is 0 Å². The Hall–Kier alpha value is -0.530. The van der Waals surface area contributed by atoms with E-state index in [1.54, 1.807) is 0 Å². The molecule has 0 spiro atoms. The zero-order valence-corrected chi connectivity index (χ0v) is 11.3. The predicted molar refractivity (Wildman–Crippen MR) is 92.0 cm³/mol. The molecule has 0 atom stereocenters. The lowest BCUT2D eigenvalue weighted by molar-refractivity contribution is -0.136. The Balaban J connectivity index is -0.0000000250. The highest BCUT2D eigenvalue weighted by molar-refractivity contribution is 5.66. The summed E-state index contributed by atoms with van der Waals surface area (Å²) >= 11 is 0. The number of hydrogen-bond acceptors (Lipinski definition) is 1. The molecule has 0 saturated heterocycles. The van der Waals surface area contributed by atoms with Crippen LogP contribution in [0.4, 0.5) is 0 Å². The summed E-state index contributed by atoms with van der Waals surface area (Å²) in [6, 6.07) is 0. The number of hydrogen-bond donors (Lipinski definition) is 1. The monoisotopic (exact) mass is 278 g/mol. The van der Waals surface area contributed by atoms with Crippen molar-refractivity contribution in [1.29, 1.82) is 0 Å². The van der Waals surface area contributed by atoms with Crippen molar-refractivity contribution in [2.75, 3.05) is 0 Å². The van der Waals surface area contributed by atoms with E-state index in [0.29, 0.717) is 0 Å². The standard InChI is InChI=1S/C3H6O2.11CH4/c1-2-3(4)5;;;;;;;;;;;/h2H2,1H3,(H,4,5);11*1H4/i1D;5*1D4;6*1D. The summed E-state index contributed by atoms with van der Waals surface area (Å²) in [5.41, 5.74) is 0. The Labute approximate surface area is 149 Å². The molecule has 16 heavy (non-hydrogen) atoms. The summed E-state index contributed by atoms with van der Waals surface area (Å²) < 4.78 is 160. The van der Waals surface area contributed by atoms with Crippen molar-refractivity contribution in [3.63, 3.8) is 0 Å². The normalized spacial score (nSPS) is 25.8. The van der Waals surface area contributed by atoms with Crippen molar-refractivity contribution in [3.8, 4) is 0 Å². The molecule has 0 radical (unpaired) electrons. The maximum Gasteiger partial charge on any atom is 0.303 e. The summed E-state index contributed by atoms with van der Waals surface area (Å²) in [4.78, 5) is 9.48. The number of carboxylic acids is 1. The van der Waals surface area contributed by atoms with Gasteiger partial charge in [0.05, 0.1) is 0 Å². The van der Waals surface area contributed by atoms with Gasteiger partial charge in [0.1, 0.15) is 0 Å². The van der Waals surface area contributed by atoms with Crippen molar-refractivity contribution in [1.82, 2.24) is 0 Å². The highest BCUT2D eigenvalue weighted by Crippen LogP contribution is 1.67. The van der Waals surface area contributed by atoms with E-state index in [2.05, 4.69) is 0 Å². The number of rotatable bonds is 1. The van der Waals surface area contributed by atoms with Crippen LogP contribution in [-0.4, -0.2) is 11.1 Å². The van der Waals surface area contributed by atoms with Gasteiger partial charge in [0, 0.05) is 43.4 Å². The quantitative estimate of drug-likeness (QED) is 0.539. The third kappa shape index (κ3) is 969. The van der Waals surface area contributed by atoms with Crippen molar-refractivity contribution >= 4 is 5.97 Å². The van der Waals surface area contributed by atoms with Crippen LogP contribution in [0, 0.1) is 0 Å². The highest BCUT2D eigenvalue weighted by Gasteiger charge is 1.80. The molecule has 0 rings (SSSR count). The molecule has 1 N–H and O–H groups in total. The third-order valence-corrected chi connectivity index (χ3v) is 0.214. The summed E-state index contributed by atoms with van der Waals surface area (Å²) in [5.74, 6) is -0.898. The highest BCUT2D eigenvalue weighted by atomic mass is 16.4. The van der Waals surface area contributed by atoms with Gasteiger partial charge in [-0.3, -0.25) is 4.79 Å². The van der Waals surface area contributed by atoms with Crippen LogP contribution in [0.2, 0.25) is 0 Å². The lowest BCUT2D eigenvalue weighted by Gasteiger charge is -1.71. The van der Waals surface area contributed by atoms with E-state index >= 15 is 0 Å². The van der Waals surface area contributed by atoms with Gasteiger partial charge in [-0.15, -0.1) is 0 Å². The Kier molecular flexibility index (Phi) is 47.5. The van der Waals surface area contributed by atoms with Crippen LogP contribution in [0.5, 0.6) is 0 Å². The first-order valence-corrected chi connectivity index (χ1v) is 1.28. The average molecular weight is 278 g/mol. The Morgan fingerprint density at radius 3 is 1.19 bits per heavy atom. The molecule has 0 bridgehead atoms. The third-order valence-electron chi connectivity index (χ3n) is 0.214. The van der Waals surface area contributed by atoms with Gasteiger partial charge in [-0.2, -0.15) is 0 Å². The fourth-order valence-corrected chi connectivity index (χ4v) is 0. The van der Waals surface area contributed by atoms with E-state index in [9.17, 15) is 4.79 Å². The lowest BCUT2D eigenvalue weighted by Crippen LogP contribution is -1.86. The van der Waals surface area contributed by atoms with Gasteiger partial charge in [0.15, 0.2) is 0 Å². The van der Waals surface area contributed by atoms with Gasteiger partial charge >= 0.3 is 5.97 Å². The van der Waals surface area contributed by atoms with E-state index in [0.717, 1.165) is 0 Å². The predicted octanol–water partition coefficient (Wildman–Crippen LogP) is 7.48. The largest absolute Gasteiger partial charge is 0.481 e. The summed E-state index contributed by atoms with van der Waals surface area (Å²) in [6.45, 7) is -0.0185. The first-order chi connectivity index (χ1) is 18.8. The first kappa shape index (κ1) is 3.49. The van der Waals surface area contributed by atoms with E-state index < -0.39 is 42.6 Å². The Bertz CT molecular complexity index is 297. The van der Waals surface area contributed by atoms with Gasteiger partial charge in [-0.1, -0.05) is 88.0 Å². The number of carboxylic acid groups (broad SMARTS) is 1. The molecule has 2 heteroatoms. The molecule has 0 unspecified atom stereocenters. The number of carbonyl (C=O) groups is 1. The summed E-state index contributed by atoms with van der Waals surface area (Å²) in [7, 11) is -5.00. The maximum absolute atomic E-state index is 9.48. The van der Waals surface area contributed by atoms with Crippen LogP contribution in [0.15, 0.2) is 0 Å². The molecular weight excluding hydrogens is 200 g/mol. The Morgan fingerprint density at radius 2 is 1.19 bits per heavy atom. The van der Waals surface area contributed by atoms with Crippen molar-refractivity contribution in [3.05, 3.63) is 0 Å². The maximum atomic E-state index is 9.48. The van der Waals surface area contributed by atoms with Crippen LogP contribution in [0.1, 0.15) is 131 Å². The molecule has 0 aromatic heterocycles. The molecule has 2 nitrogen and oxygen atoms in total. The van der Waals surface area contributed by atoms with Crippen LogP contribution >= 0.6 is 0 Å². The summed E-state index contributed by atoms with van der Waals surface area (Å²) in [5, 5.41) is 7.79. The topological polar surface area (TPSA) is 37.3 Å². The van der Waals surface area contributed by atoms with E-state index in [-0.39, 0.29) is 13.3 Å². The molecule has 0 aliphatic rings. The summed E-state index contributed by atoms with van der Waals surface area (Å²) in [6.07, 6.45) is -0.0417. The molecular formula is C14H50O2. The van der Waals surface area contributed by atoms with Crippen LogP contribution in [0.25, 0.3) is 0 Å². The van der Waals surface area contributed by atoms with Crippen LogP contribution in [0.3, 0.4) is 0 Å². The molecule has 0 aliphatic carbocycles. The molecule has 0 fully saturated rings. The van der Waals surface area contributed by atoms with Gasteiger partial charge in [-0.25, -0.2) is 0 Å². The molecule has 0 heterocycles. The number of aliphatic carboxylic acids is 1. The molecule has 0 saturated carbocycles. The van der Waals surface area contributed by atoms with Crippen LogP contribution in [-0.2, 0) is 4.79 Å². The molecule has 0 aromatic carbocycles. The fraction of sp³-hybridized carbons (Fsp3) is 0.929. The van der Waals surface area contributed by atoms with E-state index in [1.807, 2.05) is 0 Å². The first-order valence-electron chi connectivity index (χ1n) is 18.0. The minimum Gasteiger partial charge on any atom is -0.481 e. The molecule has 0 amide bonds. The second-order valence-corrected chi connectivity index (χ2v) is 0.644. The van der Waals surface area contributed by atoms with E-state index in [1.165, 1.54) is 44.4 Å². The van der Waals surface area contributed by atoms with Crippen LogP contribution < -0.4 is 0 Å². The Morgan fingerprint density at radius 1 is 1.00 bits per heavy atom. The minimum atomic E-state index is -2.50. The van der Waals surface area contributed by atoms with Gasteiger partial charge < -0.3 is 5.11 Å².